The second-order valence-electron chi connectivity index (χ2n) is 5.62. The first-order valence-corrected chi connectivity index (χ1v) is 8.86. The average Bonchev–Trinajstić information content (AvgIpc) is 2.69. The molecule has 1 aromatic heterocycles. The number of carbonyl (C=O) groups excluding carboxylic acids is 1. The van der Waals surface area contributed by atoms with Crippen molar-refractivity contribution in [2.75, 3.05) is 12.4 Å². The predicted octanol–water partition coefficient (Wildman–Crippen LogP) is 6.04. The van der Waals surface area contributed by atoms with Crippen molar-refractivity contribution in [3.05, 3.63) is 88.0 Å². The van der Waals surface area contributed by atoms with Crippen molar-refractivity contribution < 1.29 is 9.53 Å². The number of benzene rings is 2. The van der Waals surface area contributed by atoms with Gasteiger partial charge in [-0.2, -0.15) is 0 Å². The lowest BCUT2D eigenvalue weighted by molar-refractivity contribution is 0.104. The first-order valence-electron chi connectivity index (χ1n) is 8.10. The van der Waals surface area contributed by atoms with E-state index in [0.717, 1.165) is 5.56 Å². The van der Waals surface area contributed by atoms with Gasteiger partial charge in [0, 0.05) is 22.3 Å². The number of halogens is 2. The summed E-state index contributed by atoms with van der Waals surface area (Å²) in [5, 5.41) is 4.20. The average molecular weight is 399 g/mol. The molecule has 0 aliphatic heterocycles. The summed E-state index contributed by atoms with van der Waals surface area (Å²) in [6.45, 7) is 0. The van der Waals surface area contributed by atoms with Crippen molar-refractivity contribution in [3.8, 4) is 5.75 Å². The quantitative estimate of drug-likeness (QED) is 0.406. The van der Waals surface area contributed by atoms with Crippen molar-refractivity contribution in [2.24, 2.45) is 0 Å². The molecule has 4 nitrogen and oxygen atoms in total. The molecule has 6 heteroatoms. The largest absolute Gasteiger partial charge is 0.497 e. The second-order valence-corrected chi connectivity index (χ2v) is 6.46. The van der Waals surface area contributed by atoms with Gasteiger partial charge in [0.2, 0.25) is 0 Å². The van der Waals surface area contributed by atoms with Gasteiger partial charge in [0.25, 0.3) is 0 Å². The van der Waals surface area contributed by atoms with Gasteiger partial charge in [-0.1, -0.05) is 23.2 Å². The first-order chi connectivity index (χ1) is 13.1. The molecule has 0 radical (unpaired) electrons. The number of ketones is 1. The maximum atomic E-state index is 12.4. The van der Waals surface area contributed by atoms with Crippen molar-refractivity contribution in [1.82, 2.24) is 4.98 Å². The number of nitrogens with one attached hydrogen (secondary N) is 1. The molecule has 0 bridgehead atoms. The number of ether oxygens (including phenoxy) is 1. The summed E-state index contributed by atoms with van der Waals surface area (Å²) in [4.78, 5) is 16.7. The minimum Gasteiger partial charge on any atom is -0.497 e. The zero-order chi connectivity index (χ0) is 19.2. The number of hydrogen-bond donors (Lipinski definition) is 1. The lowest BCUT2D eigenvalue weighted by Gasteiger charge is -2.10. The Labute approximate surface area is 167 Å². The molecule has 0 aliphatic rings. The number of hydrogen-bond acceptors (Lipinski definition) is 4. The second kappa shape index (κ2) is 8.71. The highest BCUT2D eigenvalue weighted by molar-refractivity contribution is 6.36. The third-order valence-electron chi connectivity index (χ3n) is 3.81. The summed E-state index contributed by atoms with van der Waals surface area (Å²) in [6.07, 6.45) is 4.88. The monoisotopic (exact) mass is 398 g/mol. The van der Waals surface area contributed by atoms with E-state index in [1.807, 2.05) is 6.07 Å². The molecule has 136 valence electrons. The molecule has 27 heavy (non-hydrogen) atoms. The standard InChI is InChI=1S/C21H16Cl2N2O2/c1-27-17-8-4-14(5-9-17)20(26)11-6-15-3-2-12-24-21(15)25-19-10-7-16(22)13-18(19)23/h2-13H,1H3,(H,24,25). The van der Waals surface area contributed by atoms with Crippen LogP contribution in [-0.2, 0) is 0 Å². The topological polar surface area (TPSA) is 51.2 Å². The highest BCUT2D eigenvalue weighted by Crippen LogP contribution is 2.29. The summed E-state index contributed by atoms with van der Waals surface area (Å²) in [7, 11) is 1.58. The smallest absolute Gasteiger partial charge is 0.185 e. The number of pyridine rings is 1. The van der Waals surface area contributed by atoms with E-state index in [1.54, 1.807) is 67.9 Å². The Morgan fingerprint density at radius 2 is 1.89 bits per heavy atom. The van der Waals surface area contributed by atoms with Crippen LogP contribution in [-0.4, -0.2) is 17.9 Å². The van der Waals surface area contributed by atoms with Crippen LogP contribution in [0, 0.1) is 0 Å². The predicted molar refractivity (Wildman–Crippen MR) is 110 cm³/mol. The van der Waals surface area contributed by atoms with Crippen LogP contribution in [0.5, 0.6) is 5.75 Å². The van der Waals surface area contributed by atoms with Crippen LogP contribution in [0.2, 0.25) is 10.0 Å². The lowest BCUT2D eigenvalue weighted by atomic mass is 10.1. The molecule has 3 aromatic rings. The van der Waals surface area contributed by atoms with Gasteiger partial charge in [0.1, 0.15) is 11.6 Å². The van der Waals surface area contributed by atoms with E-state index >= 15 is 0 Å². The molecular weight excluding hydrogens is 383 g/mol. The van der Waals surface area contributed by atoms with Crippen LogP contribution in [0.3, 0.4) is 0 Å². The Kier molecular flexibility index (Phi) is 6.12. The number of allylic oxidation sites excluding steroid dienone is 1. The van der Waals surface area contributed by atoms with Gasteiger partial charge < -0.3 is 10.1 Å². The fourth-order valence-electron chi connectivity index (χ4n) is 2.39. The Balaban J connectivity index is 1.80. The molecule has 0 aliphatic carbocycles. The van der Waals surface area contributed by atoms with E-state index in [-0.39, 0.29) is 5.78 Å². The van der Waals surface area contributed by atoms with Crippen LogP contribution in [0.4, 0.5) is 11.5 Å². The summed E-state index contributed by atoms with van der Waals surface area (Å²) >= 11 is 12.1. The molecule has 0 unspecified atom stereocenters. The Bertz CT molecular complexity index is 986. The fourth-order valence-corrected chi connectivity index (χ4v) is 2.85. The van der Waals surface area contributed by atoms with Gasteiger partial charge in [-0.05, 0) is 66.7 Å². The van der Waals surface area contributed by atoms with Crippen LogP contribution in [0.25, 0.3) is 6.08 Å². The third kappa shape index (κ3) is 4.88. The highest BCUT2D eigenvalue weighted by atomic mass is 35.5. The molecule has 0 saturated carbocycles. The van der Waals surface area contributed by atoms with Gasteiger partial charge >= 0.3 is 0 Å². The van der Waals surface area contributed by atoms with Gasteiger partial charge in [-0.15, -0.1) is 0 Å². The molecule has 1 N–H and O–H groups in total. The number of anilines is 2. The van der Waals surface area contributed by atoms with Gasteiger partial charge in [-0.3, -0.25) is 4.79 Å². The molecule has 0 fully saturated rings. The van der Waals surface area contributed by atoms with E-state index in [2.05, 4.69) is 10.3 Å². The van der Waals surface area contributed by atoms with E-state index in [9.17, 15) is 4.79 Å². The Morgan fingerprint density at radius 3 is 2.59 bits per heavy atom. The summed E-state index contributed by atoms with van der Waals surface area (Å²) < 4.78 is 5.10. The van der Waals surface area contributed by atoms with Crippen molar-refractivity contribution in [1.29, 1.82) is 0 Å². The Morgan fingerprint density at radius 1 is 1.11 bits per heavy atom. The summed E-state index contributed by atoms with van der Waals surface area (Å²) in [5.41, 5.74) is 2.01. The van der Waals surface area contributed by atoms with E-state index in [1.165, 1.54) is 6.08 Å². The van der Waals surface area contributed by atoms with E-state index in [4.69, 9.17) is 27.9 Å². The minimum absolute atomic E-state index is 0.114. The summed E-state index contributed by atoms with van der Waals surface area (Å²) in [5.74, 6) is 1.17. The maximum absolute atomic E-state index is 12.4. The number of rotatable bonds is 6. The molecule has 2 aromatic carbocycles. The molecular formula is C21H16Cl2N2O2. The van der Waals surface area contributed by atoms with Crippen LogP contribution >= 0.6 is 23.2 Å². The number of carbonyl (C=O) groups is 1. The van der Waals surface area contributed by atoms with Crippen molar-refractivity contribution >= 4 is 46.6 Å². The third-order valence-corrected chi connectivity index (χ3v) is 4.36. The van der Waals surface area contributed by atoms with Gasteiger partial charge in [0.15, 0.2) is 5.78 Å². The summed E-state index contributed by atoms with van der Waals surface area (Å²) in [6, 6.07) is 15.8. The molecule has 0 amide bonds. The zero-order valence-electron chi connectivity index (χ0n) is 14.4. The minimum atomic E-state index is -0.114. The zero-order valence-corrected chi connectivity index (χ0v) is 16.0. The first kappa shape index (κ1) is 19.0. The number of methoxy groups -OCH3 is 1. The Hall–Kier alpha value is -2.82. The molecule has 0 spiro atoms. The highest BCUT2D eigenvalue weighted by Gasteiger charge is 2.07. The SMILES string of the molecule is COc1ccc(C(=O)C=Cc2cccnc2Nc2ccc(Cl)cc2Cl)cc1. The maximum Gasteiger partial charge on any atom is 0.185 e. The number of nitrogens with zero attached hydrogens (tertiary/aromatic N) is 1. The van der Waals surface area contributed by atoms with Gasteiger partial charge in [-0.25, -0.2) is 4.98 Å². The molecule has 0 saturated heterocycles. The van der Waals surface area contributed by atoms with Crippen LogP contribution < -0.4 is 10.1 Å². The number of aromatic nitrogens is 1. The van der Waals surface area contributed by atoms with E-state index in [0.29, 0.717) is 32.9 Å². The van der Waals surface area contributed by atoms with E-state index < -0.39 is 0 Å². The molecule has 3 rings (SSSR count). The lowest BCUT2D eigenvalue weighted by Crippen LogP contribution is -1.98. The fraction of sp³-hybridized carbons (Fsp3) is 0.0476. The van der Waals surface area contributed by atoms with Crippen LogP contribution in [0.1, 0.15) is 15.9 Å². The van der Waals surface area contributed by atoms with Crippen molar-refractivity contribution in [2.45, 2.75) is 0 Å². The van der Waals surface area contributed by atoms with Gasteiger partial charge in [0.05, 0.1) is 17.8 Å². The molecule has 0 atom stereocenters. The normalized spacial score (nSPS) is 10.8. The van der Waals surface area contributed by atoms with Crippen LogP contribution in [0.15, 0.2) is 66.9 Å². The molecule has 1 heterocycles. The van der Waals surface area contributed by atoms with Crippen molar-refractivity contribution in [3.63, 3.8) is 0 Å².